The number of halogens is 8. The van der Waals surface area contributed by atoms with Gasteiger partial charge in [0.05, 0.1) is 11.1 Å². The van der Waals surface area contributed by atoms with Crippen molar-refractivity contribution in [3.8, 4) is 0 Å². The quantitative estimate of drug-likeness (QED) is 0.0930. The molecule has 30 heavy (non-hydrogen) atoms. The standard InChI is InChI=1S/C8F4O3.C8I4O3/c2*9-3-1-2(8(14)15-7(1)13)4(10)6(12)5(3)11. The molecule has 0 spiro atoms. The van der Waals surface area contributed by atoms with Gasteiger partial charge in [-0.25, -0.2) is 36.7 Å². The van der Waals surface area contributed by atoms with Crippen LogP contribution >= 0.6 is 90.4 Å². The Morgan fingerprint density at radius 2 is 0.700 bits per heavy atom. The maximum atomic E-state index is 12.9. The molecule has 2 aliphatic heterocycles. The van der Waals surface area contributed by atoms with E-state index < -0.39 is 58.3 Å². The predicted octanol–water partition coefficient (Wildman–Crippen LogP) is 4.97. The Bertz CT molecular complexity index is 1030. The fourth-order valence-corrected chi connectivity index (χ4v) is 6.03. The van der Waals surface area contributed by atoms with Gasteiger partial charge in [-0.2, -0.15) is 0 Å². The number of carbonyl (C=O) groups excluding carboxylic acids is 4. The molecule has 0 saturated carbocycles. The summed E-state index contributed by atoms with van der Waals surface area (Å²) < 4.78 is 63.1. The Balaban J connectivity index is 0.000000171. The molecule has 0 radical (unpaired) electrons. The Kier molecular flexibility index (Phi) is 6.97. The third-order valence-corrected chi connectivity index (χ3v) is 11.1. The van der Waals surface area contributed by atoms with Crippen LogP contribution in [-0.2, 0) is 9.47 Å². The second-order valence-corrected chi connectivity index (χ2v) is 9.68. The summed E-state index contributed by atoms with van der Waals surface area (Å²) in [6, 6.07) is 0. The number of rotatable bonds is 0. The van der Waals surface area contributed by atoms with Gasteiger partial charge in [-0.05, 0) is 90.4 Å². The van der Waals surface area contributed by atoms with Gasteiger partial charge < -0.3 is 9.47 Å². The molecule has 0 unspecified atom stereocenters. The summed E-state index contributed by atoms with van der Waals surface area (Å²) in [5.41, 5.74) is -1.60. The third kappa shape index (κ3) is 3.73. The summed E-state index contributed by atoms with van der Waals surface area (Å²) >= 11 is 8.47. The van der Waals surface area contributed by atoms with Crippen molar-refractivity contribution in [1.29, 1.82) is 0 Å². The van der Waals surface area contributed by atoms with Gasteiger partial charge in [-0.15, -0.1) is 0 Å². The van der Waals surface area contributed by atoms with Gasteiger partial charge in [-0.3, -0.25) is 0 Å². The Labute approximate surface area is 218 Å². The van der Waals surface area contributed by atoms with Crippen LogP contribution in [0.3, 0.4) is 0 Å². The van der Waals surface area contributed by atoms with Crippen LogP contribution in [0.2, 0.25) is 0 Å². The first-order chi connectivity index (χ1) is 13.9. The lowest BCUT2D eigenvalue weighted by Crippen LogP contribution is -2.07. The number of carbonyl (C=O) groups is 4. The molecule has 0 aliphatic carbocycles. The summed E-state index contributed by atoms with van der Waals surface area (Å²) in [4.78, 5) is 44.5. The summed E-state index contributed by atoms with van der Waals surface area (Å²) in [6.45, 7) is 0. The Morgan fingerprint density at radius 1 is 0.433 bits per heavy atom. The fraction of sp³-hybridized carbons (Fsp3) is 0. The predicted molar refractivity (Wildman–Crippen MR) is 123 cm³/mol. The van der Waals surface area contributed by atoms with Crippen LogP contribution in [0.25, 0.3) is 0 Å². The molecular weight excluding hydrogens is 872 g/mol. The molecule has 4 rings (SSSR count). The molecule has 0 N–H and O–H groups in total. The van der Waals surface area contributed by atoms with Crippen molar-refractivity contribution in [3.05, 3.63) is 59.8 Å². The van der Waals surface area contributed by atoms with E-state index in [9.17, 15) is 36.7 Å². The molecule has 2 heterocycles. The average molecular weight is 872 g/mol. The van der Waals surface area contributed by atoms with E-state index in [0.29, 0.717) is 11.1 Å². The van der Waals surface area contributed by atoms with Crippen LogP contribution < -0.4 is 0 Å². The van der Waals surface area contributed by atoms with Crippen molar-refractivity contribution in [2.75, 3.05) is 0 Å². The highest BCUT2D eigenvalue weighted by molar-refractivity contribution is 14.1. The van der Waals surface area contributed by atoms with Crippen molar-refractivity contribution >= 4 is 114 Å². The van der Waals surface area contributed by atoms with Gasteiger partial charge in [-0.1, -0.05) is 0 Å². The van der Waals surface area contributed by atoms with E-state index in [0.717, 1.165) is 14.3 Å². The van der Waals surface area contributed by atoms with Gasteiger partial charge in [0.1, 0.15) is 11.1 Å². The van der Waals surface area contributed by atoms with E-state index >= 15 is 0 Å². The van der Waals surface area contributed by atoms with Gasteiger partial charge >= 0.3 is 23.9 Å². The zero-order valence-corrected chi connectivity index (χ0v) is 22.1. The van der Waals surface area contributed by atoms with E-state index in [4.69, 9.17) is 0 Å². The maximum Gasteiger partial charge on any atom is 0.350 e. The zero-order chi connectivity index (χ0) is 22.7. The average Bonchev–Trinajstić information content (AvgIpc) is 3.16. The van der Waals surface area contributed by atoms with Crippen LogP contribution in [0.1, 0.15) is 41.4 Å². The monoisotopic (exact) mass is 872 g/mol. The number of esters is 4. The lowest BCUT2D eigenvalue weighted by molar-refractivity contribution is 0.0423. The van der Waals surface area contributed by atoms with E-state index in [1.807, 2.05) is 0 Å². The molecule has 0 amide bonds. The molecule has 6 nitrogen and oxygen atoms in total. The SMILES string of the molecule is O=C1OC(=O)c2c(F)c(F)c(F)c(F)c21.O=C1OC(=O)c2c(I)c(I)c(I)c(I)c21. The minimum atomic E-state index is -2.15. The normalized spacial score (nSPS) is 14.1. The number of ether oxygens (including phenoxy) is 2. The molecule has 156 valence electrons. The first-order valence-corrected chi connectivity index (χ1v) is 11.5. The lowest BCUT2D eigenvalue weighted by Gasteiger charge is -2.06. The summed E-state index contributed by atoms with van der Waals surface area (Å²) in [7, 11) is 0. The van der Waals surface area contributed by atoms with Crippen LogP contribution in [0.15, 0.2) is 0 Å². The van der Waals surface area contributed by atoms with E-state index in [-0.39, 0.29) is 0 Å². The highest BCUT2D eigenvalue weighted by Gasteiger charge is 2.40. The minimum Gasteiger partial charge on any atom is -0.386 e. The number of hydrogen-bond acceptors (Lipinski definition) is 6. The summed E-state index contributed by atoms with van der Waals surface area (Å²) in [6.07, 6.45) is 0. The van der Waals surface area contributed by atoms with Crippen molar-refractivity contribution in [2.45, 2.75) is 0 Å². The summed E-state index contributed by atoms with van der Waals surface area (Å²) in [5, 5.41) is 0. The number of fused-ring (bicyclic) bond motifs is 2. The molecule has 0 fully saturated rings. The maximum absolute atomic E-state index is 12.9. The third-order valence-electron chi connectivity index (χ3n) is 3.72. The van der Waals surface area contributed by atoms with Crippen molar-refractivity contribution in [3.63, 3.8) is 0 Å². The topological polar surface area (TPSA) is 86.7 Å². The van der Waals surface area contributed by atoms with Crippen LogP contribution in [0, 0.1) is 37.5 Å². The van der Waals surface area contributed by atoms with Crippen molar-refractivity contribution in [1.82, 2.24) is 0 Å². The zero-order valence-electron chi connectivity index (χ0n) is 13.5. The number of cyclic esters (lactones) is 4. The van der Waals surface area contributed by atoms with Gasteiger partial charge in [0, 0.05) is 14.3 Å². The second kappa shape index (κ2) is 8.71. The lowest BCUT2D eigenvalue weighted by atomic mass is 10.1. The Hall–Kier alpha value is -0.640. The first-order valence-electron chi connectivity index (χ1n) is 7.14. The molecule has 2 aliphatic rings. The molecule has 0 bridgehead atoms. The molecule has 2 aromatic rings. The van der Waals surface area contributed by atoms with Gasteiger partial charge in [0.15, 0.2) is 23.3 Å². The molecule has 0 atom stereocenters. The van der Waals surface area contributed by atoms with E-state index in [1.165, 1.54) is 0 Å². The van der Waals surface area contributed by atoms with Gasteiger partial charge in [0.25, 0.3) is 0 Å². The van der Waals surface area contributed by atoms with E-state index in [1.54, 1.807) is 0 Å². The van der Waals surface area contributed by atoms with E-state index in [2.05, 4.69) is 99.8 Å². The first kappa shape index (κ1) is 24.0. The fourth-order valence-electron chi connectivity index (χ4n) is 2.40. The molecule has 0 aromatic heterocycles. The molecule has 0 saturated heterocycles. The highest BCUT2D eigenvalue weighted by atomic mass is 127. The van der Waals surface area contributed by atoms with Crippen LogP contribution in [0.5, 0.6) is 0 Å². The highest BCUT2D eigenvalue weighted by Crippen LogP contribution is 2.36. The van der Waals surface area contributed by atoms with Crippen molar-refractivity contribution < 1.29 is 46.2 Å². The van der Waals surface area contributed by atoms with Gasteiger partial charge in [0.2, 0.25) is 0 Å². The Morgan fingerprint density at radius 3 is 1.00 bits per heavy atom. The largest absolute Gasteiger partial charge is 0.386 e. The molecule has 2 aromatic carbocycles. The van der Waals surface area contributed by atoms with Crippen LogP contribution in [0.4, 0.5) is 17.6 Å². The summed E-state index contributed by atoms with van der Waals surface area (Å²) in [5.74, 6) is -12.3. The number of hydrogen-bond donors (Lipinski definition) is 0. The second-order valence-electron chi connectivity index (χ2n) is 5.37. The van der Waals surface area contributed by atoms with Crippen molar-refractivity contribution in [2.24, 2.45) is 0 Å². The number of benzene rings is 2. The van der Waals surface area contributed by atoms with Crippen LogP contribution in [-0.4, -0.2) is 23.9 Å². The molecule has 14 heteroatoms. The molecular formula is C16F4I4O6. The smallest absolute Gasteiger partial charge is 0.350 e. The minimum absolute atomic E-state index is 0.412.